The van der Waals surface area contributed by atoms with E-state index in [0.717, 1.165) is 22.3 Å². The average Bonchev–Trinajstić information content (AvgIpc) is 2.41. The number of carboxylic acid groups (broad SMARTS) is 1. The van der Waals surface area contributed by atoms with Gasteiger partial charge in [0.15, 0.2) is 0 Å². The molecule has 0 saturated carbocycles. The van der Waals surface area contributed by atoms with Gasteiger partial charge in [0, 0.05) is 18.1 Å². The molecule has 0 amide bonds. The Kier molecular flexibility index (Phi) is 4.16. The summed E-state index contributed by atoms with van der Waals surface area (Å²) in [5.41, 5.74) is 2.09. The second-order valence-electron chi connectivity index (χ2n) is 4.15. The SMILES string of the molecule is CN(Cc1ccccc1Br)c1ccc(C(=O)O)nc1. The monoisotopic (exact) mass is 320 g/mol. The van der Waals surface area contributed by atoms with Gasteiger partial charge in [-0.1, -0.05) is 34.1 Å². The molecule has 1 aromatic heterocycles. The molecule has 2 rings (SSSR count). The van der Waals surface area contributed by atoms with E-state index in [1.165, 1.54) is 6.07 Å². The highest BCUT2D eigenvalue weighted by Crippen LogP contribution is 2.20. The summed E-state index contributed by atoms with van der Waals surface area (Å²) in [5.74, 6) is -1.01. The molecule has 1 N–H and O–H groups in total. The fourth-order valence-electron chi connectivity index (χ4n) is 1.71. The summed E-state index contributed by atoms with van der Waals surface area (Å²) in [4.78, 5) is 16.7. The van der Waals surface area contributed by atoms with E-state index in [1.54, 1.807) is 12.3 Å². The van der Waals surface area contributed by atoms with Crippen LogP contribution in [0.25, 0.3) is 0 Å². The topological polar surface area (TPSA) is 53.4 Å². The number of rotatable bonds is 4. The maximum Gasteiger partial charge on any atom is 0.354 e. The summed E-state index contributed by atoms with van der Waals surface area (Å²) in [6.45, 7) is 0.718. The zero-order valence-corrected chi connectivity index (χ0v) is 12.0. The van der Waals surface area contributed by atoms with E-state index in [-0.39, 0.29) is 5.69 Å². The number of benzene rings is 1. The highest BCUT2D eigenvalue weighted by Gasteiger charge is 2.07. The van der Waals surface area contributed by atoms with Crippen LogP contribution in [0.2, 0.25) is 0 Å². The van der Waals surface area contributed by atoms with Crippen LogP contribution in [0.15, 0.2) is 47.1 Å². The van der Waals surface area contributed by atoms with Gasteiger partial charge in [-0.3, -0.25) is 0 Å². The standard InChI is InChI=1S/C14H13BrN2O2/c1-17(9-10-4-2-3-5-12(10)15)11-6-7-13(14(18)19)16-8-11/h2-8H,9H2,1H3,(H,18,19). The Bertz CT molecular complexity index is 584. The van der Waals surface area contributed by atoms with Crippen LogP contribution in [0.4, 0.5) is 5.69 Å². The number of aromatic nitrogens is 1. The van der Waals surface area contributed by atoms with Gasteiger partial charge in [-0.25, -0.2) is 9.78 Å². The summed E-state index contributed by atoms with van der Waals surface area (Å²) >= 11 is 3.51. The molecule has 1 aromatic carbocycles. The van der Waals surface area contributed by atoms with E-state index in [0.29, 0.717) is 0 Å². The Morgan fingerprint density at radius 2 is 2.05 bits per heavy atom. The number of hydrogen-bond acceptors (Lipinski definition) is 3. The van der Waals surface area contributed by atoms with E-state index < -0.39 is 5.97 Å². The van der Waals surface area contributed by atoms with Crippen LogP contribution in [-0.4, -0.2) is 23.1 Å². The van der Waals surface area contributed by atoms with Crippen molar-refractivity contribution < 1.29 is 9.90 Å². The Morgan fingerprint density at radius 1 is 1.32 bits per heavy atom. The van der Waals surface area contributed by atoms with Gasteiger partial charge in [0.25, 0.3) is 0 Å². The van der Waals surface area contributed by atoms with E-state index in [4.69, 9.17) is 5.11 Å². The van der Waals surface area contributed by atoms with Gasteiger partial charge >= 0.3 is 5.97 Å². The first kappa shape index (κ1) is 13.5. The van der Waals surface area contributed by atoms with Crippen molar-refractivity contribution in [1.82, 2.24) is 4.98 Å². The number of hydrogen-bond donors (Lipinski definition) is 1. The molecule has 5 heteroatoms. The van der Waals surface area contributed by atoms with Gasteiger partial charge in [0.1, 0.15) is 5.69 Å². The van der Waals surface area contributed by atoms with Crippen molar-refractivity contribution in [2.45, 2.75) is 6.54 Å². The highest BCUT2D eigenvalue weighted by molar-refractivity contribution is 9.10. The molecule has 0 fully saturated rings. The van der Waals surface area contributed by atoms with Crippen LogP contribution < -0.4 is 4.90 Å². The second kappa shape index (κ2) is 5.84. The maximum absolute atomic E-state index is 10.7. The minimum atomic E-state index is -1.01. The average molecular weight is 321 g/mol. The van der Waals surface area contributed by atoms with Crippen LogP contribution in [0.1, 0.15) is 16.1 Å². The van der Waals surface area contributed by atoms with E-state index >= 15 is 0 Å². The van der Waals surface area contributed by atoms with E-state index in [9.17, 15) is 4.79 Å². The summed E-state index contributed by atoms with van der Waals surface area (Å²) in [6, 6.07) is 11.3. The van der Waals surface area contributed by atoms with Gasteiger partial charge in [-0.2, -0.15) is 0 Å². The van der Waals surface area contributed by atoms with Crippen LogP contribution in [0, 0.1) is 0 Å². The Balaban J connectivity index is 2.14. The molecule has 0 saturated heterocycles. The minimum absolute atomic E-state index is 0.0537. The fraction of sp³-hybridized carbons (Fsp3) is 0.143. The number of nitrogens with zero attached hydrogens (tertiary/aromatic N) is 2. The largest absolute Gasteiger partial charge is 0.477 e. The fourth-order valence-corrected chi connectivity index (χ4v) is 2.12. The van der Waals surface area contributed by atoms with Crippen molar-refractivity contribution in [3.05, 3.63) is 58.3 Å². The second-order valence-corrected chi connectivity index (χ2v) is 5.01. The first-order valence-corrected chi connectivity index (χ1v) is 6.51. The van der Waals surface area contributed by atoms with Crippen molar-refractivity contribution in [2.24, 2.45) is 0 Å². The third-order valence-electron chi connectivity index (χ3n) is 2.77. The van der Waals surface area contributed by atoms with Gasteiger partial charge in [-0.05, 0) is 23.8 Å². The van der Waals surface area contributed by atoms with E-state index in [1.807, 2.05) is 36.2 Å². The predicted molar refractivity (Wildman–Crippen MR) is 77.4 cm³/mol. The lowest BCUT2D eigenvalue weighted by atomic mass is 10.2. The van der Waals surface area contributed by atoms with E-state index in [2.05, 4.69) is 20.9 Å². The van der Waals surface area contributed by atoms with Gasteiger partial charge in [0.2, 0.25) is 0 Å². The third-order valence-corrected chi connectivity index (χ3v) is 3.55. The number of halogens is 1. The maximum atomic E-state index is 10.7. The molecule has 0 spiro atoms. The molecule has 98 valence electrons. The van der Waals surface area contributed by atoms with Gasteiger partial charge in [0.05, 0.1) is 11.9 Å². The van der Waals surface area contributed by atoms with Crippen LogP contribution in [0.5, 0.6) is 0 Å². The lowest BCUT2D eigenvalue weighted by molar-refractivity contribution is 0.0690. The molecule has 19 heavy (non-hydrogen) atoms. The molecule has 2 aromatic rings. The molecule has 4 nitrogen and oxygen atoms in total. The lowest BCUT2D eigenvalue weighted by Gasteiger charge is -2.19. The molecule has 0 atom stereocenters. The molecule has 0 radical (unpaired) electrons. The third kappa shape index (κ3) is 3.32. The highest BCUT2D eigenvalue weighted by atomic mass is 79.9. The predicted octanol–water partition coefficient (Wildman–Crippen LogP) is 3.18. The normalized spacial score (nSPS) is 10.2. The summed E-state index contributed by atoms with van der Waals surface area (Å²) in [7, 11) is 1.94. The number of anilines is 1. The number of aromatic carboxylic acids is 1. The van der Waals surface area contributed by atoms with Gasteiger partial charge < -0.3 is 10.0 Å². The minimum Gasteiger partial charge on any atom is -0.477 e. The molecule has 0 bridgehead atoms. The zero-order valence-electron chi connectivity index (χ0n) is 10.4. The Morgan fingerprint density at radius 3 is 2.63 bits per heavy atom. The molecule has 1 heterocycles. The van der Waals surface area contributed by atoms with Crippen molar-refractivity contribution in [3.63, 3.8) is 0 Å². The van der Waals surface area contributed by atoms with Crippen molar-refractivity contribution in [3.8, 4) is 0 Å². The molecule has 0 aliphatic carbocycles. The molecular weight excluding hydrogens is 308 g/mol. The molecule has 0 unspecified atom stereocenters. The molecule has 0 aliphatic heterocycles. The summed E-state index contributed by atoms with van der Waals surface area (Å²) in [5, 5.41) is 8.80. The van der Waals surface area contributed by atoms with Crippen LogP contribution >= 0.6 is 15.9 Å². The quantitative estimate of drug-likeness (QED) is 0.940. The Hall–Kier alpha value is -1.88. The van der Waals surface area contributed by atoms with Crippen LogP contribution in [0.3, 0.4) is 0 Å². The first-order valence-electron chi connectivity index (χ1n) is 5.72. The zero-order chi connectivity index (χ0) is 13.8. The van der Waals surface area contributed by atoms with Crippen molar-refractivity contribution in [1.29, 1.82) is 0 Å². The number of carbonyl (C=O) groups is 1. The summed E-state index contributed by atoms with van der Waals surface area (Å²) < 4.78 is 1.05. The molecular formula is C14H13BrN2O2. The van der Waals surface area contributed by atoms with Crippen molar-refractivity contribution >= 4 is 27.6 Å². The summed E-state index contributed by atoms with van der Waals surface area (Å²) in [6.07, 6.45) is 1.57. The van der Waals surface area contributed by atoms with Crippen LogP contribution in [-0.2, 0) is 6.54 Å². The van der Waals surface area contributed by atoms with Gasteiger partial charge in [-0.15, -0.1) is 0 Å². The lowest BCUT2D eigenvalue weighted by Crippen LogP contribution is -2.17. The number of pyridine rings is 1. The Labute approximate surface area is 119 Å². The van der Waals surface area contributed by atoms with Crippen molar-refractivity contribution in [2.75, 3.05) is 11.9 Å². The number of carboxylic acids is 1. The molecule has 0 aliphatic rings. The first-order chi connectivity index (χ1) is 9.08. The smallest absolute Gasteiger partial charge is 0.354 e.